The number of benzene rings is 1. The number of rotatable bonds is 5. The average molecular weight is 275 g/mol. The Morgan fingerprint density at radius 1 is 1.15 bits per heavy atom. The summed E-state index contributed by atoms with van der Waals surface area (Å²) in [6, 6.07) is 4.56. The van der Waals surface area contributed by atoms with E-state index in [9.17, 15) is 14.4 Å². The van der Waals surface area contributed by atoms with Crippen molar-refractivity contribution in [1.29, 1.82) is 0 Å². The third kappa shape index (κ3) is 2.55. The fraction of sp³-hybridized carbons (Fsp3) is 0.357. The smallest absolute Gasteiger partial charge is 0.261 e. The third-order valence-electron chi connectivity index (χ3n) is 3.19. The average Bonchev–Trinajstić information content (AvgIpc) is 2.68. The van der Waals surface area contributed by atoms with Crippen LogP contribution < -0.4 is 10.6 Å². The molecule has 0 spiro atoms. The predicted octanol–water partition coefficient (Wildman–Crippen LogP) is 0.252. The summed E-state index contributed by atoms with van der Waals surface area (Å²) < 4.78 is 0. The number of carbonyl (C=O) groups is 3. The van der Waals surface area contributed by atoms with E-state index in [1.54, 1.807) is 6.07 Å². The van der Waals surface area contributed by atoms with Crippen molar-refractivity contribution in [1.82, 2.24) is 15.5 Å². The molecule has 2 N–H and O–H groups in total. The molecule has 2 rings (SSSR count). The maximum atomic E-state index is 11.9. The highest BCUT2D eigenvalue weighted by Gasteiger charge is 2.33. The highest BCUT2D eigenvalue weighted by atomic mass is 16.2. The Bertz CT molecular complexity index is 569. The molecule has 0 fully saturated rings. The summed E-state index contributed by atoms with van der Waals surface area (Å²) in [5.41, 5.74) is 1.02. The quantitative estimate of drug-likeness (QED) is 0.596. The summed E-state index contributed by atoms with van der Waals surface area (Å²) in [5, 5.41) is 5.85. The first-order valence-corrected chi connectivity index (χ1v) is 6.51. The van der Waals surface area contributed by atoms with Crippen molar-refractivity contribution >= 4 is 17.7 Å². The number of nitrogens with one attached hydrogen (secondary N) is 2. The fourth-order valence-corrected chi connectivity index (χ4v) is 2.05. The lowest BCUT2D eigenvalue weighted by Gasteiger charge is -2.06. The molecule has 0 bridgehead atoms. The maximum Gasteiger partial charge on any atom is 0.261 e. The molecule has 1 aliphatic rings. The molecular formula is C14H17N3O3. The Morgan fingerprint density at radius 3 is 2.55 bits per heavy atom. The van der Waals surface area contributed by atoms with Gasteiger partial charge in [-0.2, -0.15) is 0 Å². The lowest BCUT2D eigenvalue weighted by atomic mass is 10.1. The van der Waals surface area contributed by atoms with Gasteiger partial charge in [0.2, 0.25) is 0 Å². The van der Waals surface area contributed by atoms with Gasteiger partial charge in [-0.1, -0.05) is 6.92 Å². The molecule has 0 saturated heterocycles. The monoisotopic (exact) mass is 275 g/mol. The van der Waals surface area contributed by atoms with E-state index >= 15 is 0 Å². The summed E-state index contributed by atoms with van der Waals surface area (Å²) >= 11 is 0. The van der Waals surface area contributed by atoms with E-state index in [1.165, 1.54) is 19.2 Å². The molecule has 1 aromatic rings. The highest BCUT2D eigenvalue weighted by Crippen LogP contribution is 2.22. The van der Waals surface area contributed by atoms with Crippen molar-refractivity contribution in [2.45, 2.75) is 6.92 Å². The molecule has 106 valence electrons. The van der Waals surface area contributed by atoms with E-state index in [2.05, 4.69) is 10.6 Å². The molecule has 6 nitrogen and oxygen atoms in total. The van der Waals surface area contributed by atoms with Crippen LogP contribution in [0.3, 0.4) is 0 Å². The molecule has 3 amide bonds. The van der Waals surface area contributed by atoms with E-state index in [1.807, 2.05) is 6.92 Å². The van der Waals surface area contributed by atoms with Crippen molar-refractivity contribution in [3.05, 3.63) is 34.9 Å². The first kappa shape index (κ1) is 14.2. The van der Waals surface area contributed by atoms with Crippen LogP contribution in [-0.2, 0) is 0 Å². The highest BCUT2D eigenvalue weighted by molar-refractivity contribution is 6.21. The van der Waals surface area contributed by atoms with Crippen LogP contribution in [0.25, 0.3) is 0 Å². The van der Waals surface area contributed by atoms with Crippen LogP contribution in [0.15, 0.2) is 18.2 Å². The lowest BCUT2D eigenvalue weighted by Crippen LogP contribution is -2.31. The van der Waals surface area contributed by atoms with Crippen LogP contribution in [0.1, 0.15) is 38.0 Å². The minimum Gasteiger partial charge on any atom is -0.351 e. The van der Waals surface area contributed by atoms with Gasteiger partial charge in [-0.3, -0.25) is 19.3 Å². The molecule has 1 aromatic carbocycles. The topological polar surface area (TPSA) is 78.5 Å². The summed E-state index contributed by atoms with van der Waals surface area (Å²) in [6.07, 6.45) is 0. The Balaban J connectivity index is 2.11. The number of fused-ring (bicyclic) bond motifs is 1. The second-order valence-corrected chi connectivity index (χ2v) is 4.54. The largest absolute Gasteiger partial charge is 0.351 e. The summed E-state index contributed by atoms with van der Waals surface area (Å²) in [7, 11) is 1.43. The van der Waals surface area contributed by atoms with Gasteiger partial charge in [-0.15, -0.1) is 0 Å². The van der Waals surface area contributed by atoms with Gasteiger partial charge in [-0.25, -0.2) is 0 Å². The number of amides is 3. The molecule has 20 heavy (non-hydrogen) atoms. The van der Waals surface area contributed by atoms with E-state index in [4.69, 9.17) is 0 Å². The van der Waals surface area contributed by atoms with Crippen LogP contribution in [-0.4, -0.2) is 49.3 Å². The number of imide groups is 1. The Hall–Kier alpha value is -2.21. The SMILES string of the molecule is CCNCCNC(=O)c1ccc2c(c1)C(=O)N(C)C2=O. The van der Waals surface area contributed by atoms with Crippen molar-refractivity contribution in [2.24, 2.45) is 0 Å². The molecule has 6 heteroatoms. The van der Waals surface area contributed by atoms with Crippen LogP contribution in [0.2, 0.25) is 0 Å². The van der Waals surface area contributed by atoms with Gasteiger partial charge >= 0.3 is 0 Å². The number of hydrogen-bond acceptors (Lipinski definition) is 4. The summed E-state index contributed by atoms with van der Waals surface area (Å²) in [4.78, 5) is 36.6. The number of nitrogens with zero attached hydrogens (tertiary/aromatic N) is 1. The van der Waals surface area contributed by atoms with Gasteiger partial charge in [-0.05, 0) is 24.7 Å². The summed E-state index contributed by atoms with van der Waals surface area (Å²) in [6.45, 7) is 4.03. The third-order valence-corrected chi connectivity index (χ3v) is 3.19. The van der Waals surface area contributed by atoms with Crippen molar-refractivity contribution in [2.75, 3.05) is 26.7 Å². The Morgan fingerprint density at radius 2 is 1.85 bits per heavy atom. The first-order valence-electron chi connectivity index (χ1n) is 6.51. The molecule has 0 atom stereocenters. The minimum atomic E-state index is -0.368. The normalized spacial score (nSPS) is 13.6. The standard InChI is InChI=1S/C14H17N3O3/c1-3-15-6-7-16-12(18)9-4-5-10-11(8-9)14(20)17(2)13(10)19/h4-5,8,15H,3,6-7H2,1-2H3,(H,16,18). The van der Waals surface area contributed by atoms with Gasteiger partial charge in [0.1, 0.15) is 0 Å². The second kappa shape index (κ2) is 5.83. The maximum absolute atomic E-state index is 11.9. The minimum absolute atomic E-state index is 0.250. The number of carbonyl (C=O) groups excluding carboxylic acids is 3. The molecule has 1 heterocycles. The first-order chi connectivity index (χ1) is 9.56. The van der Waals surface area contributed by atoms with Gasteiger partial charge in [0.25, 0.3) is 17.7 Å². The Kier molecular flexibility index (Phi) is 4.14. The molecule has 0 unspecified atom stereocenters. The lowest BCUT2D eigenvalue weighted by molar-refractivity contribution is 0.0693. The van der Waals surface area contributed by atoms with Crippen LogP contribution in [0.5, 0.6) is 0 Å². The number of hydrogen-bond donors (Lipinski definition) is 2. The van der Waals surface area contributed by atoms with Gasteiger partial charge in [0.15, 0.2) is 0 Å². The molecule has 0 radical (unpaired) electrons. The van der Waals surface area contributed by atoms with Gasteiger partial charge < -0.3 is 10.6 Å². The molecule has 1 aliphatic heterocycles. The van der Waals surface area contributed by atoms with Gasteiger partial charge in [0, 0.05) is 25.7 Å². The van der Waals surface area contributed by atoms with E-state index in [-0.39, 0.29) is 23.3 Å². The number of likely N-dealkylation sites (N-methyl/N-ethyl adjacent to an activating group) is 1. The zero-order valence-corrected chi connectivity index (χ0v) is 11.5. The Labute approximate surface area is 117 Å². The molecule has 0 saturated carbocycles. The fourth-order valence-electron chi connectivity index (χ4n) is 2.05. The van der Waals surface area contributed by atoms with Crippen molar-refractivity contribution in [3.8, 4) is 0 Å². The van der Waals surface area contributed by atoms with Gasteiger partial charge in [0.05, 0.1) is 11.1 Å². The molecule has 0 aliphatic carbocycles. The van der Waals surface area contributed by atoms with Crippen molar-refractivity contribution < 1.29 is 14.4 Å². The van der Waals surface area contributed by atoms with E-state index in [0.717, 1.165) is 11.4 Å². The van der Waals surface area contributed by atoms with E-state index in [0.29, 0.717) is 24.2 Å². The van der Waals surface area contributed by atoms with Crippen LogP contribution >= 0.6 is 0 Å². The molecule has 0 aromatic heterocycles. The zero-order valence-electron chi connectivity index (χ0n) is 11.5. The van der Waals surface area contributed by atoms with Crippen molar-refractivity contribution in [3.63, 3.8) is 0 Å². The summed E-state index contributed by atoms with van der Waals surface area (Å²) in [5.74, 6) is -0.947. The molecular weight excluding hydrogens is 258 g/mol. The zero-order chi connectivity index (χ0) is 14.7. The predicted molar refractivity (Wildman–Crippen MR) is 73.7 cm³/mol. The van der Waals surface area contributed by atoms with E-state index < -0.39 is 0 Å². The second-order valence-electron chi connectivity index (χ2n) is 4.54. The van der Waals surface area contributed by atoms with Crippen LogP contribution in [0.4, 0.5) is 0 Å². The van der Waals surface area contributed by atoms with Crippen LogP contribution in [0, 0.1) is 0 Å².